The molecule has 0 aromatic carbocycles. The molecule has 0 bridgehead atoms. The molecule has 118 valence electrons. The summed E-state index contributed by atoms with van der Waals surface area (Å²) in [5.74, 6) is 0.248. The van der Waals surface area contributed by atoms with Crippen LogP contribution in [-0.4, -0.2) is 34.8 Å². The third-order valence-electron chi connectivity index (χ3n) is 4.72. The summed E-state index contributed by atoms with van der Waals surface area (Å²) in [5, 5.41) is 25.7. The normalized spacial score (nSPS) is 22.8. The minimum absolute atomic E-state index is 0.248. The molecule has 0 aromatic heterocycles. The van der Waals surface area contributed by atoms with Crippen molar-refractivity contribution >= 4 is 5.84 Å². The highest BCUT2D eigenvalue weighted by Gasteiger charge is 2.36. The van der Waals surface area contributed by atoms with Crippen LogP contribution >= 0.6 is 0 Å². The predicted molar refractivity (Wildman–Crippen MR) is 81.9 cm³/mol. The van der Waals surface area contributed by atoms with E-state index in [1.165, 1.54) is 0 Å². The van der Waals surface area contributed by atoms with Gasteiger partial charge < -0.3 is 21.4 Å². The van der Waals surface area contributed by atoms with Gasteiger partial charge in [0.1, 0.15) is 5.84 Å². The van der Waals surface area contributed by atoms with Crippen LogP contribution < -0.4 is 11.1 Å². The lowest BCUT2D eigenvalue weighted by Gasteiger charge is -2.40. The predicted octanol–water partition coefficient (Wildman–Crippen LogP) is 2.07. The van der Waals surface area contributed by atoms with Gasteiger partial charge in [-0.25, -0.2) is 0 Å². The number of hydrogen-bond donors (Lipinski definition) is 4. The van der Waals surface area contributed by atoms with E-state index in [-0.39, 0.29) is 11.3 Å². The first kappa shape index (κ1) is 17.2. The quantitative estimate of drug-likeness (QED) is 0.198. The average molecular weight is 285 g/mol. The molecule has 0 atom stereocenters. The highest BCUT2D eigenvalue weighted by molar-refractivity contribution is 5.85. The maximum absolute atomic E-state index is 10.5. The fourth-order valence-corrected chi connectivity index (χ4v) is 2.55. The van der Waals surface area contributed by atoms with Gasteiger partial charge >= 0.3 is 0 Å². The third-order valence-corrected chi connectivity index (χ3v) is 4.72. The first-order valence-electron chi connectivity index (χ1n) is 7.51. The molecular weight excluding hydrogens is 254 g/mol. The molecule has 0 saturated heterocycles. The Balaban J connectivity index is 2.31. The van der Waals surface area contributed by atoms with Crippen LogP contribution in [0.5, 0.6) is 0 Å². The topological polar surface area (TPSA) is 90.9 Å². The van der Waals surface area contributed by atoms with Crippen LogP contribution in [-0.2, 0) is 0 Å². The van der Waals surface area contributed by atoms with Gasteiger partial charge in [0, 0.05) is 12.0 Å². The van der Waals surface area contributed by atoms with Crippen LogP contribution in [0.4, 0.5) is 0 Å². The number of nitrogens with one attached hydrogen (secondary N) is 1. The Kier molecular flexibility index (Phi) is 5.44. The van der Waals surface area contributed by atoms with Crippen molar-refractivity contribution in [2.24, 2.45) is 21.7 Å². The van der Waals surface area contributed by atoms with E-state index in [2.05, 4.69) is 24.3 Å². The van der Waals surface area contributed by atoms with Gasteiger partial charge in [-0.15, -0.1) is 0 Å². The Hall–Kier alpha value is -0.810. The highest BCUT2D eigenvalue weighted by atomic mass is 16.4. The molecule has 0 heterocycles. The van der Waals surface area contributed by atoms with Crippen molar-refractivity contribution in [3.63, 3.8) is 0 Å². The summed E-state index contributed by atoms with van der Waals surface area (Å²) >= 11 is 0. The van der Waals surface area contributed by atoms with Crippen molar-refractivity contribution in [2.75, 3.05) is 13.1 Å². The van der Waals surface area contributed by atoms with Crippen molar-refractivity contribution in [2.45, 2.75) is 65.4 Å². The Morgan fingerprint density at radius 2 is 1.80 bits per heavy atom. The second-order valence-electron chi connectivity index (χ2n) is 7.68. The van der Waals surface area contributed by atoms with E-state index < -0.39 is 5.60 Å². The maximum Gasteiger partial charge on any atom is 0.144 e. The standard InChI is InChI=1S/C15H31N3O2/c1-13(2)5-7-15(19,8-6-13)11-17-10-9-14(3,4)12(16)18-20/h17,19-20H,5-11H2,1-4H3,(H2,16,18). The van der Waals surface area contributed by atoms with E-state index in [0.717, 1.165) is 38.6 Å². The first-order valence-corrected chi connectivity index (χ1v) is 7.51. The van der Waals surface area contributed by atoms with Gasteiger partial charge in [0.15, 0.2) is 0 Å². The van der Waals surface area contributed by atoms with E-state index in [0.29, 0.717) is 12.0 Å². The minimum Gasteiger partial charge on any atom is -0.409 e. The molecule has 5 N–H and O–H groups in total. The molecule has 1 rings (SSSR count). The number of aliphatic hydroxyl groups is 1. The lowest BCUT2D eigenvalue weighted by Crippen LogP contribution is -2.46. The summed E-state index contributed by atoms with van der Waals surface area (Å²) < 4.78 is 0. The lowest BCUT2D eigenvalue weighted by molar-refractivity contribution is -0.0243. The highest BCUT2D eigenvalue weighted by Crippen LogP contribution is 2.39. The molecule has 0 radical (unpaired) electrons. The number of amidine groups is 1. The number of nitrogens with two attached hydrogens (primary N) is 1. The van der Waals surface area contributed by atoms with E-state index in [4.69, 9.17) is 10.9 Å². The lowest BCUT2D eigenvalue weighted by atomic mass is 9.71. The number of hydrogen-bond acceptors (Lipinski definition) is 4. The summed E-state index contributed by atoms with van der Waals surface area (Å²) in [6, 6.07) is 0. The van der Waals surface area contributed by atoms with Crippen LogP contribution in [0.15, 0.2) is 5.16 Å². The van der Waals surface area contributed by atoms with Crippen LogP contribution in [0, 0.1) is 10.8 Å². The average Bonchev–Trinajstić information content (AvgIpc) is 2.38. The van der Waals surface area contributed by atoms with Crippen LogP contribution in [0.1, 0.15) is 59.8 Å². The van der Waals surface area contributed by atoms with Gasteiger partial charge in [0.2, 0.25) is 0 Å². The maximum atomic E-state index is 10.5. The first-order chi connectivity index (χ1) is 9.10. The monoisotopic (exact) mass is 285 g/mol. The number of oxime groups is 1. The number of rotatable bonds is 6. The van der Waals surface area contributed by atoms with Gasteiger partial charge in [-0.1, -0.05) is 32.9 Å². The molecule has 5 heteroatoms. The minimum atomic E-state index is -0.573. The molecular formula is C15H31N3O2. The molecule has 0 aliphatic heterocycles. The Morgan fingerprint density at radius 1 is 1.25 bits per heavy atom. The molecule has 5 nitrogen and oxygen atoms in total. The van der Waals surface area contributed by atoms with E-state index in [1.807, 2.05) is 13.8 Å². The van der Waals surface area contributed by atoms with E-state index >= 15 is 0 Å². The molecule has 1 fully saturated rings. The van der Waals surface area contributed by atoms with Crippen molar-refractivity contribution in [1.29, 1.82) is 0 Å². The molecule has 0 spiro atoms. The second-order valence-corrected chi connectivity index (χ2v) is 7.68. The summed E-state index contributed by atoms with van der Waals surface area (Å²) in [6.07, 6.45) is 4.62. The van der Waals surface area contributed by atoms with Crippen LogP contribution in [0.25, 0.3) is 0 Å². The molecule has 20 heavy (non-hydrogen) atoms. The fraction of sp³-hybridized carbons (Fsp3) is 0.933. The summed E-state index contributed by atoms with van der Waals surface area (Å²) in [4.78, 5) is 0. The third kappa shape index (κ3) is 4.94. The van der Waals surface area contributed by atoms with Crippen LogP contribution in [0.2, 0.25) is 0 Å². The van der Waals surface area contributed by atoms with Gasteiger partial charge in [0.25, 0.3) is 0 Å². The molecule has 1 saturated carbocycles. The zero-order valence-electron chi connectivity index (χ0n) is 13.4. The van der Waals surface area contributed by atoms with Gasteiger partial charge in [0.05, 0.1) is 5.60 Å². The van der Waals surface area contributed by atoms with Crippen molar-refractivity contribution in [1.82, 2.24) is 5.32 Å². The Bertz CT molecular complexity index is 341. The Labute approximate surface area is 122 Å². The second kappa shape index (κ2) is 6.31. The van der Waals surface area contributed by atoms with Gasteiger partial charge in [-0.05, 0) is 44.1 Å². The molecule has 0 aromatic rings. The Morgan fingerprint density at radius 3 is 2.30 bits per heavy atom. The molecule has 0 amide bonds. The summed E-state index contributed by atoms with van der Waals surface area (Å²) in [6.45, 7) is 9.78. The van der Waals surface area contributed by atoms with E-state index in [9.17, 15) is 5.11 Å². The molecule has 1 aliphatic rings. The van der Waals surface area contributed by atoms with Crippen molar-refractivity contribution in [3.05, 3.63) is 0 Å². The fourth-order valence-electron chi connectivity index (χ4n) is 2.55. The van der Waals surface area contributed by atoms with Gasteiger partial charge in [-0.3, -0.25) is 0 Å². The zero-order chi connectivity index (χ0) is 15.4. The smallest absolute Gasteiger partial charge is 0.144 e. The molecule has 1 aliphatic carbocycles. The molecule has 0 unspecified atom stereocenters. The van der Waals surface area contributed by atoms with E-state index in [1.54, 1.807) is 0 Å². The van der Waals surface area contributed by atoms with Crippen molar-refractivity contribution < 1.29 is 10.3 Å². The van der Waals surface area contributed by atoms with Crippen molar-refractivity contribution in [3.8, 4) is 0 Å². The summed E-state index contributed by atoms with van der Waals surface area (Å²) in [5.41, 5.74) is 5.11. The number of nitrogens with zero attached hydrogens (tertiary/aromatic N) is 1. The largest absolute Gasteiger partial charge is 0.409 e. The zero-order valence-corrected chi connectivity index (χ0v) is 13.4. The SMILES string of the molecule is CC1(C)CCC(O)(CNCCC(C)(C)C(N)=NO)CC1. The van der Waals surface area contributed by atoms with Crippen LogP contribution in [0.3, 0.4) is 0 Å². The van der Waals surface area contributed by atoms with Gasteiger partial charge in [-0.2, -0.15) is 0 Å². The summed E-state index contributed by atoms with van der Waals surface area (Å²) in [7, 11) is 0.